The highest BCUT2D eigenvalue weighted by Crippen LogP contribution is 2.29. The Labute approximate surface area is 157 Å². The molecule has 0 aliphatic carbocycles. The molecule has 0 N–H and O–H groups in total. The summed E-state index contributed by atoms with van der Waals surface area (Å²) >= 11 is 0. The highest BCUT2D eigenvalue weighted by atomic mass is 19.4. The van der Waals surface area contributed by atoms with Crippen LogP contribution in [-0.4, -0.2) is 33.4 Å². The number of alkyl halides is 3. The van der Waals surface area contributed by atoms with E-state index in [1.165, 1.54) is 12.1 Å². The Morgan fingerprint density at radius 3 is 2.37 bits per heavy atom. The number of carbonyl (C=O) groups is 1. The molecule has 3 rings (SSSR count). The largest absolute Gasteiger partial charge is 0.416 e. The molecule has 2 heterocycles. The van der Waals surface area contributed by atoms with E-state index in [4.69, 9.17) is 0 Å². The topological polar surface area (TPSA) is 38.1 Å². The van der Waals surface area contributed by atoms with E-state index in [9.17, 15) is 18.0 Å². The molecule has 0 unspecified atom stereocenters. The lowest BCUT2D eigenvalue weighted by Gasteiger charge is -2.32. The third kappa shape index (κ3) is 4.51. The van der Waals surface area contributed by atoms with E-state index < -0.39 is 11.7 Å². The van der Waals surface area contributed by atoms with Crippen LogP contribution in [0, 0.1) is 5.92 Å². The van der Waals surface area contributed by atoms with Crippen LogP contribution in [0.2, 0.25) is 0 Å². The molecule has 0 saturated carbocycles. The average molecular weight is 379 g/mol. The number of hydrogen-bond acceptors (Lipinski definition) is 2. The number of hydrogen-bond donors (Lipinski definition) is 0. The van der Waals surface area contributed by atoms with Gasteiger partial charge in [0.2, 0.25) is 0 Å². The first-order valence-corrected chi connectivity index (χ1v) is 9.23. The minimum atomic E-state index is -4.39. The lowest BCUT2D eigenvalue weighted by Crippen LogP contribution is -2.39. The zero-order valence-electron chi connectivity index (χ0n) is 15.5. The predicted molar refractivity (Wildman–Crippen MR) is 96.4 cm³/mol. The molecular weight excluding hydrogens is 355 g/mol. The molecule has 7 heteroatoms. The molecule has 2 aromatic rings. The van der Waals surface area contributed by atoms with Crippen molar-refractivity contribution in [1.82, 2.24) is 14.5 Å². The van der Waals surface area contributed by atoms with E-state index in [2.05, 4.69) is 23.4 Å². The number of piperidine rings is 1. The van der Waals surface area contributed by atoms with Crippen molar-refractivity contribution in [2.45, 2.75) is 45.3 Å². The van der Waals surface area contributed by atoms with Gasteiger partial charge in [0.1, 0.15) is 5.82 Å². The molecule has 1 aromatic heterocycles. The van der Waals surface area contributed by atoms with Crippen LogP contribution in [0.1, 0.15) is 54.4 Å². The summed E-state index contributed by atoms with van der Waals surface area (Å²) in [5, 5.41) is 0. The first-order valence-electron chi connectivity index (χ1n) is 9.23. The van der Waals surface area contributed by atoms with Crippen LogP contribution in [0.5, 0.6) is 0 Å². The molecule has 0 spiro atoms. The lowest BCUT2D eigenvalue weighted by molar-refractivity contribution is -0.137. The van der Waals surface area contributed by atoms with E-state index >= 15 is 0 Å². The Morgan fingerprint density at radius 2 is 1.81 bits per heavy atom. The van der Waals surface area contributed by atoms with Gasteiger partial charge in [-0.3, -0.25) is 4.79 Å². The van der Waals surface area contributed by atoms with Crippen LogP contribution in [0.3, 0.4) is 0 Å². The fraction of sp³-hybridized carbons (Fsp3) is 0.500. The van der Waals surface area contributed by atoms with E-state index in [1.807, 2.05) is 12.4 Å². The van der Waals surface area contributed by atoms with Crippen molar-refractivity contribution in [2.24, 2.45) is 5.92 Å². The molecule has 4 nitrogen and oxygen atoms in total. The van der Waals surface area contributed by atoms with E-state index in [1.54, 1.807) is 4.90 Å². The fourth-order valence-corrected chi connectivity index (χ4v) is 3.56. The number of rotatable bonds is 4. The van der Waals surface area contributed by atoms with Crippen molar-refractivity contribution in [3.05, 3.63) is 53.6 Å². The first-order chi connectivity index (χ1) is 12.8. The number of carbonyl (C=O) groups excluding carboxylic acids is 1. The minimum Gasteiger partial charge on any atom is -0.339 e. The number of benzene rings is 1. The molecule has 27 heavy (non-hydrogen) atoms. The van der Waals surface area contributed by atoms with Gasteiger partial charge in [0.25, 0.3) is 5.91 Å². The van der Waals surface area contributed by atoms with Crippen LogP contribution in [0.25, 0.3) is 0 Å². The van der Waals surface area contributed by atoms with Crippen LogP contribution in [0.4, 0.5) is 13.2 Å². The normalized spacial score (nSPS) is 16.1. The van der Waals surface area contributed by atoms with Gasteiger partial charge in [-0.05, 0) is 43.0 Å². The van der Waals surface area contributed by atoms with E-state index in [0.29, 0.717) is 30.5 Å². The molecule has 1 aliphatic heterocycles. The second kappa shape index (κ2) is 7.74. The summed E-state index contributed by atoms with van der Waals surface area (Å²) in [5.74, 6) is 1.70. The third-order valence-electron chi connectivity index (χ3n) is 5.08. The number of halogens is 3. The Morgan fingerprint density at radius 1 is 1.19 bits per heavy atom. The minimum absolute atomic E-state index is 0.201. The molecule has 0 bridgehead atoms. The SMILES string of the molecule is CC(C)c1nccn1CC1CCN(C(=O)c2ccc(C(F)(F)F)cc2)CC1. The Kier molecular flexibility index (Phi) is 5.58. The van der Waals surface area contributed by atoms with Crippen molar-refractivity contribution in [1.29, 1.82) is 0 Å². The fourth-order valence-electron chi connectivity index (χ4n) is 3.56. The Hall–Kier alpha value is -2.31. The quantitative estimate of drug-likeness (QED) is 0.780. The molecule has 1 aromatic carbocycles. The van der Waals surface area contributed by atoms with Gasteiger partial charge in [-0.15, -0.1) is 0 Å². The van der Waals surface area contributed by atoms with E-state index in [0.717, 1.165) is 37.3 Å². The van der Waals surface area contributed by atoms with Gasteiger partial charge in [0.15, 0.2) is 0 Å². The van der Waals surface area contributed by atoms with Crippen LogP contribution in [0.15, 0.2) is 36.7 Å². The van der Waals surface area contributed by atoms with Gasteiger partial charge in [-0.25, -0.2) is 4.98 Å². The molecule has 146 valence electrons. The number of aromatic nitrogens is 2. The molecule has 0 atom stereocenters. The Bertz CT molecular complexity index is 773. The van der Waals surface area contributed by atoms with Crippen molar-refractivity contribution in [2.75, 3.05) is 13.1 Å². The second-order valence-corrected chi connectivity index (χ2v) is 7.40. The monoisotopic (exact) mass is 379 g/mol. The van der Waals surface area contributed by atoms with Gasteiger partial charge in [-0.1, -0.05) is 13.8 Å². The van der Waals surface area contributed by atoms with Crippen molar-refractivity contribution in [3.8, 4) is 0 Å². The Balaban J connectivity index is 1.57. The highest BCUT2D eigenvalue weighted by Gasteiger charge is 2.31. The molecule has 1 fully saturated rings. The highest BCUT2D eigenvalue weighted by molar-refractivity contribution is 5.94. The average Bonchev–Trinajstić information content (AvgIpc) is 3.09. The van der Waals surface area contributed by atoms with Gasteiger partial charge < -0.3 is 9.47 Å². The number of nitrogens with zero attached hydrogens (tertiary/aromatic N) is 3. The summed E-state index contributed by atoms with van der Waals surface area (Å²) in [4.78, 5) is 18.7. The molecule has 0 radical (unpaired) electrons. The summed E-state index contributed by atoms with van der Waals surface area (Å²) in [7, 11) is 0. The van der Waals surface area contributed by atoms with Crippen molar-refractivity contribution >= 4 is 5.91 Å². The predicted octanol–water partition coefficient (Wildman–Crippen LogP) is 4.58. The maximum Gasteiger partial charge on any atom is 0.416 e. The molecule has 1 aliphatic rings. The summed E-state index contributed by atoms with van der Waals surface area (Å²) < 4.78 is 40.1. The number of likely N-dealkylation sites (tertiary alicyclic amines) is 1. The second-order valence-electron chi connectivity index (χ2n) is 7.40. The summed E-state index contributed by atoms with van der Waals surface area (Å²) in [6.07, 6.45) is 1.18. The maximum absolute atomic E-state index is 12.7. The van der Waals surface area contributed by atoms with Crippen molar-refractivity contribution in [3.63, 3.8) is 0 Å². The molecular formula is C20H24F3N3O. The smallest absolute Gasteiger partial charge is 0.339 e. The van der Waals surface area contributed by atoms with Crippen LogP contribution >= 0.6 is 0 Å². The standard InChI is InChI=1S/C20H24F3N3O/c1-14(2)18-24-9-12-26(18)13-15-7-10-25(11-8-15)19(27)16-3-5-17(6-4-16)20(21,22)23/h3-6,9,12,14-15H,7-8,10-11,13H2,1-2H3. The van der Waals surface area contributed by atoms with Gasteiger partial charge in [0.05, 0.1) is 5.56 Å². The third-order valence-corrected chi connectivity index (χ3v) is 5.08. The molecule has 1 saturated heterocycles. The van der Waals surface area contributed by atoms with Crippen LogP contribution in [-0.2, 0) is 12.7 Å². The summed E-state index contributed by atoms with van der Waals surface area (Å²) in [5.41, 5.74) is -0.433. The van der Waals surface area contributed by atoms with Crippen molar-refractivity contribution < 1.29 is 18.0 Å². The first kappa shape index (κ1) is 19.5. The molecule has 1 amide bonds. The number of imidazole rings is 1. The van der Waals surface area contributed by atoms with Gasteiger partial charge in [-0.2, -0.15) is 13.2 Å². The van der Waals surface area contributed by atoms with E-state index in [-0.39, 0.29) is 5.91 Å². The zero-order valence-corrected chi connectivity index (χ0v) is 15.5. The zero-order chi connectivity index (χ0) is 19.6. The van der Waals surface area contributed by atoms with Gasteiger partial charge >= 0.3 is 6.18 Å². The number of amides is 1. The lowest BCUT2D eigenvalue weighted by atomic mass is 9.96. The van der Waals surface area contributed by atoms with Gasteiger partial charge in [0, 0.05) is 43.5 Å². The summed E-state index contributed by atoms with van der Waals surface area (Å²) in [6.45, 7) is 6.36. The van der Waals surface area contributed by atoms with Crippen LogP contribution < -0.4 is 0 Å². The summed E-state index contributed by atoms with van der Waals surface area (Å²) in [6, 6.07) is 4.45. The maximum atomic E-state index is 12.7.